The van der Waals surface area contributed by atoms with Crippen molar-refractivity contribution in [2.75, 3.05) is 19.7 Å². The van der Waals surface area contributed by atoms with E-state index < -0.39 is 6.04 Å². The monoisotopic (exact) mass is 399 g/mol. The van der Waals surface area contributed by atoms with Crippen molar-refractivity contribution in [3.63, 3.8) is 0 Å². The third kappa shape index (κ3) is 6.02. The molecule has 2 amide bonds. The molecule has 1 aliphatic heterocycles. The number of carbonyl (C=O) groups is 2. The molecule has 29 heavy (non-hydrogen) atoms. The summed E-state index contributed by atoms with van der Waals surface area (Å²) >= 11 is 0. The topological polar surface area (TPSA) is 70.7 Å². The zero-order chi connectivity index (χ0) is 20.6. The number of carbonyl (C=O) groups excluding carboxylic acids is 2. The van der Waals surface area contributed by atoms with Crippen molar-refractivity contribution in [3.05, 3.63) is 65.5 Å². The zero-order valence-electron chi connectivity index (χ0n) is 16.5. The molecule has 0 saturated carbocycles. The van der Waals surface area contributed by atoms with Crippen molar-refractivity contribution in [2.24, 2.45) is 0 Å². The molecule has 0 aliphatic carbocycles. The van der Waals surface area contributed by atoms with Gasteiger partial charge < -0.3 is 15.4 Å². The Balaban J connectivity index is 1.57. The number of ether oxygens (including phenoxy) is 1. The highest BCUT2D eigenvalue weighted by molar-refractivity contribution is 5.88. The van der Waals surface area contributed by atoms with Gasteiger partial charge in [-0.2, -0.15) is 0 Å². The molecule has 1 aliphatic rings. The summed E-state index contributed by atoms with van der Waals surface area (Å²) < 4.78 is 18.4. The summed E-state index contributed by atoms with van der Waals surface area (Å²) in [5, 5.41) is 5.64. The Morgan fingerprint density at radius 2 is 1.86 bits per heavy atom. The van der Waals surface area contributed by atoms with Gasteiger partial charge >= 0.3 is 0 Å². The summed E-state index contributed by atoms with van der Waals surface area (Å²) in [7, 11) is 0. The Labute approximate surface area is 170 Å². The van der Waals surface area contributed by atoms with E-state index in [-0.39, 0.29) is 24.1 Å². The average molecular weight is 399 g/mol. The first-order chi connectivity index (χ1) is 14.0. The van der Waals surface area contributed by atoms with E-state index in [0.717, 1.165) is 16.9 Å². The molecule has 1 saturated heterocycles. The minimum atomic E-state index is -0.525. The van der Waals surface area contributed by atoms with Crippen LogP contribution in [0.1, 0.15) is 24.5 Å². The summed E-state index contributed by atoms with van der Waals surface area (Å²) in [4.78, 5) is 26.8. The van der Waals surface area contributed by atoms with Gasteiger partial charge in [-0.3, -0.25) is 14.5 Å². The molecule has 6 nitrogen and oxygen atoms in total. The van der Waals surface area contributed by atoms with Crippen LogP contribution in [-0.4, -0.2) is 42.5 Å². The highest BCUT2D eigenvalue weighted by atomic mass is 19.1. The van der Waals surface area contributed by atoms with E-state index in [0.29, 0.717) is 32.8 Å². The van der Waals surface area contributed by atoms with Gasteiger partial charge in [0.05, 0.1) is 19.1 Å². The molecule has 0 radical (unpaired) electrons. The van der Waals surface area contributed by atoms with Crippen LogP contribution in [0.4, 0.5) is 4.39 Å². The molecule has 7 heteroatoms. The third-order valence-corrected chi connectivity index (χ3v) is 4.84. The summed E-state index contributed by atoms with van der Waals surface area (Å²) in [6.07, 6.45) is 0.0735. The number of nitrogens with zero attached hydrogens (tertiary/aromatic N) is 1. The molecule has 1 unspecified atom stereocenters. The number of benzene rings is 2. The van der Waals surface area contributed by atoms with Crippen molar-refractivity contribution in [1.82, 2.24) is 15.5 Å². The Morgan fingerprint density at radius 3 is 2.55 bits per heavy atom. The average Bonchev–Trinajstić information content (AvgIpc) is 2.72. The van der Waals surface area contributed by atoms with Gasteiger partial charge in [0.25, 0.3) is 0 Å². The Hall–Kier alpha value is -2.93. The van der Waals surface area contributed by atoms with Crippen molar-refractivity contribution in [2.45, 2.75) is 32.5 Å². The number of rotatable bonds is 8. The Morgan fingerprint density at radius 1 is 1.17 bits per heavy atom. The SMILES string of the molecule is CCOc1ccc(CN2CCNC(=O)C2CC(=O)NCc2ccc(F)cc2)cc1. The lowest BCUT2D eigenvalue weighted by Gasteiger charge is -2.34. The zero-order valence-corrected chi connectivity index (χ0v) is 16.5. The van der Waals surface area contributed by atoms with E-state index in [1.807, 2.05) is 36.1 Å². The van der Waals surface area contributed by atoms with E-state index in [4.69, 9.17) is 4.74 Å². The van der Waals surface area contributed by atoms with E-state index in [9.17, 15) is 14.0 Å². The molecule has 0 bridgehead atoms. The van der Waals surface area contributed by atoms with Gasteiger partial charge in [0.15, 0.2) is 0 Å². The second kappa shape index (κ2) is 10.0. The molecule has 1 atom stereocenters. The molecular formula is C22H26FN3O3. The quantitative estimate of drug-likeness (QED) is 0.714. The highest BCUT2D eigenvalue weighted by Gasteiger charge is 2.31. The van der Waals surface area contributed by atoms with E-state index in [2.05, 4.69) is 10.6 Å². The van der Waals surface area contributed by atoms with Crippen molar-refractivity contribution in [1.29, 1.82) is 0 Å². The van der Waals surface area contributed by atoms with Crippen LogP contribution in [0.25, 0.3) is 0 Å². The predicted octanol–water partition coefficient (Wildman–Crippen LogP) is 2.23. The molecule has 2 aromatic carbocycles. The fourth-order valence-corrected chi connectivity index (χ4v) is 3.32. The van der Waals surface area contributed by atoms with E-state index in [1.54, 1.807) is 12.1 Å². The number of hydrogen-bond donors (Lipinski definition) is 2. The first-order valence-corrected chi connectivity index (χ1v) is 9.80. The fraction of sp³-hybridized carbons (Fsp3) is 0.364. The second-order valence-corrected chi connectivity index (χ2v) is 6.96. The van der Waals surface area contributed by atoms with Crippen LogP contribution in [-0.2, 0) is 22.7 Å². The first-order valence-electron chi connectivity index (χ1n) is 9.80. The smallest absolute Gasteiger partial charge is 0.237 e. The molecule has 2 aromatic rings. The van der Waals surface area contributed by atoms with Crippen LogP contribution < -0.4 is 15.4 Å². The first kappa shape index (κ1) is 20.8. The summed E-state index contributed by atoms with van der Waals surface area (Å²) in [5.41, 5.74) is 1.86. The lowest BCUT2D eigenvalue weighted by molar-refractivity contribution is -0.134. The molecule has 1 fully saturated rings. The number of halogens is 1. The maximum absolute atomic E-state index is 13.0. The summed E-state index contributed by atoms with van der Waals surface area (Å²) in [5.74, 6) is 0.139. The molecule has 2 N–H and O–H groups in total. The van der Waals surface area contributed by atoms with Crippen LogP contribution in [0.5, 0.6) is 5.75 Å². The van der Waals surface area contributed by atoms with Crippen LogP contribution in [0.15, 0.2) is 48.5 Å². The van der Waals surface area contributed by atoms with Crippen LogP contribution in [0, 0.1) is 5.82 Å². The minimum absolute atomic E-state index is 0.0735. The minimum Gasteiger partial charge on any atom is -0.494 e. The fourth-order valence-electron chi connectivity index (χ4n) is 3.32. The third-order valence-electron chi connectivity index (χ3n) is 4.84. The largest absolute Gasteiger partial charge is 0.494 e. The Kier molecular flexibility index (Phi) is 7.19. The van der Waals surface area contributed by atoms with Gasteiger partial charge in [-0.15, -0.1) is 0 Å². The van der Waals surface area contributed by atoms with E-state index in [1.165, 1.54) is 12.1 Å². The Bertz CT molecular complexity index is 824. The maximum Gasteiger partial charge on any atom is 0.237 e. The number of hydrogen-bond acceptors (Lipinski definition) is 4. The van der Waals surface area contributed by atoms with Crippen molar-refractivity contribution < 1.29 is 18.7 Å². The lowest BCUT2D eigenvalue weighted by Crippen LogP contribution is -2.56. The van der Waals surface area contributed by atoms with Gasteiger partial charge in [-0.25, -0.2) is 4.39 Å². The number of piperazine rings is 1. The normalized spacial score (nSPS) is 16.9. The number of amides is 2. The van der Waals surface area contributed by atoms with Crippen LogP contribution in [0.2, 0.25) is 0 Å². The predicted molar refractivity (Wildman–Crippen MR) is 108 cm³/mol. The van der Waals surface area contributed by atoms with Crippen LogP contribution in [0.3, 0.4) is 0 Å². The van der Waals surface area contributed by atoms with Gasteiger partial charge in [0, 0.05) is 26.2 Å². The molecular weight excluding hydrogens is 373 g/mol. The van der Waals surface area contributed by atoms with Gasteiger partial charge in [-0.05, 0) is 42.3 Å². The number of nitrogens with one attached hydrogen (secondary N) is 2. The summed E-state index contributed by atoms with van der Waals surface area (Å²) in [6, 6.07) is 13.2. The van der Waals surface area contributed by atoms with Gasteiger partial charge in [0.1, 0.15) is 11.6 Å². The molecule has 154 valence electrons. The molecule has 0 aromatic heterocycles. The second-order valence-electron chi connectivity index (χ2n) is 6.96. The lowest BCUT2D eigenvalue weighted by atomic mass is 10.1. The molecule has 1 heterocycles. The van der Waals surface area contributed by atoms with E-state index >= 15 is 0 Å². The molecule has 0 spiro atoms. The van der Waals surface area contributed by atoms with Crippen LogP contribution >= 0.6 is 0 Å². The molecule has 3 rings (SSSR count). The standard InChI is InChI=1S/C22H26FN3O3/c1-2-29-19-9-5-17(6-10-19)15-26-12-11-24-22(28)20(26)13-21(27)25-14-16-3-7-18(23)8-4-16/h3-10,20H,2,11-15H2,1H3,(H,24,28)(H,25,27). The van der Waals surface area contributed by atoms with Gasteiger partial charge in [0.2, 0.25) is 11.8 Å². The summed E-state index contributed by atoms with van der Waals surface area (Å²) in [6.45, 7) is 4.66. The van der Waals surface area contributed by atoms with Crippen molar-refractivity contribution in [3.8, 4) is 5.75 Å². The van der Waals surface area contributed by atoms with Gasteiger partial charge in [-0.1, -0.05) is 24.3 Å². The highest BCUT2D eigenvalue weighted by Crippen LogP contribution is 2.17. The maximum atomic E-state index is 13.0. The van der Waals surface area contributed by atoms with Crippen molar-refractivity contribution >= 4 is 11.8 Å².